The van der Waals surface area contributed by atoms with Gasteiger partial charge in [0.2, 0.25) is 0 Å². The lowest BCUT2D eigenvalue weighted by molar-refractivity contribution is -0.167. The van der Waals surface area contributed by atoms with Gasteiger partial charge in [-0.05, 0) is 32.7 Å². The van der Waals surface area contributed by atoms with Crippen LogP contribution in [0.1, 0.15) is 227 Å². The zero-order valence-electron chi connectivity index (χ0n) is 45.6. The van der Waals surface area contributed by atoms with E-state index in [1.807, 2.05) is 11.9 Å². The van der Waals surface area contributed by atoms with Crippen LogP contribution >= 0.6 is 0 Å². The van der Waals surface area contributed by atoms with E-state index >= 15 is 0 Å². The van der Waals surface area contributed by atoms with Crippen LogP contribution in [0.3, 0.4) is 0 Å². The number of nitrogens with zero attached hydrogens (tertiary/aromatic N) is 2. The highest BCUT2D eigenvalue weighted by Crippen LogP contribution is 2.23. The lowest BCUT2D eigenvalue weighted by Crippen LogP contribution is -2.55. The molecule has 0 N–H and O–H groups in total. The van der Waals surface area contributed by atoms with Gasteiger partial charge >= 0.3 is 41.9 Å². The van der Waals surface area contributed by atoms with Gasteiger partial charge in [-0.3, -0.25) is 33.7 Å². The second-order valence-electron chi connectivity index (χ2n) is 20.5. The number of carbonyl (C=O) groups is 7. The molecule has 0 saturated carbocycles. The predicted molar refractivity (Wildman–Crippen MR) is 276 cm³/mol. The Balaban J connectivity index is 2.13. The van der Waals surface area contributed by atoms with E-state index in [0.717, 1.165) is 128 Å². The Labute approximate surface area is 433 Å². The summed E-state index contributed by atoms with van der Waals surface area (Å²) in [4.78, 5) is 95.2. The Hall–Kier alpha value is -3.95. The average Bonchev–Trinajstić information content (AvgIpc) is 3.34. The summed E-state index contributed by atoms with van der Waals surface area (Å²) in [7, 11) is 1.91. The van der Waals surface area contributed by atoms with Gasteiger partial charge in [-0.25, -0.2) is 4.79 Å². The molecule has 0 aromatic heterocycles. The number of amides is 1. The summed E-state index contributed by atoms with van der Waals surface area (Å²) in [5.41, 5.74) is 0. The van der Waals surface area contributed by atoms with E-state index in [1.54, 1.807) is 0 Å². The molecule has 2 heterocycles. The molecular formula is C56H98N2O14. The number of likely N-dealkylation sites (tertiary alicyclic amines) is 2. The molecule has 0 aromatic carbocycles. The minimum absolute atomic E-state index is 0.0158. The van der Waals surface area contributed by atoms with Crippen molar-refractivity contribution in [2.24, 2.45) is 11.8 Å². The first-order chi connectivity index (χ1) is 34.8. The molecule has 0 radical (unpaired) electrons. The van der Waals surface area contributed by atoms with Crippen LogP contribution in [0.25, 0.3) is 0 Å². The molecule has 72 heavy (non-hydrogen) atoms. The van der Waals surface area contributed by atoms with Crippen LogP contribution in [0.2, 0.25) is 0 Å². The monoisotopic (exact) mass is 1020 g/mol. The van der Waals surface area contributed by atoms with Crippen molar-refractivity contribution in [3.63, 3.8) is 0 Å². The molecule has 2 aliphatic heterocycles. The van der Waals surface area contributed by atoms with Crippen molar-refractivity contribution in [2.75, 3.05) is 59.7 Å². The van der Waals surface area contributed by atoms with Crippen molar-refractivity contribution >= 4 is 41.9 Å². The smallest absolute Gasteiger partial charge is 0.410 e. The molecule has 16 nitrogen and oxygen atoms in total. The number of hydrogen-bond acceptors (Lipinski definition) is 15. The zero-order chi connectivity index (χ0) is 52.6. The largest absolute Gasteiger partial charge is 0.465 e. The van der Waals surface area contributed by atoms with Gasteiger partial charge in [-0.15, -0.1) is 0 Å². The fourth-order valence-corrected chi connectivity index (χ4v) is 8.86. The minimum Gasteiger partial charge on any atom is -0.465 e. The van der Waals surface area contributed by atoms with Crippen molar-refractivity contribution in [1.82, 2.24) is 9.80 Å². The van der Waals surface area contributed by atoms with Gasteiger partial charge in [0.25, 0.3) is 0 Å². The second-order valence-corrected chi connectivity index (χ2v) is 20.5. The number of likely N-dealkylation sites (N-methyl/N-ethyl adjacent to an activating group) is 1. The Morgan fingerprint density at radius 2 is 0.667 bits per heavy atom. The molecule has 2 atom stereocenters. The van der Waals surface area contributed by atoms with E-state index in [2.05, 4.69) is 27.7 Å². The maximum Gasteiger partial charge on any atom is 0.410 e. The average molecular weight is 1020 g/mol. The first kappa shape index (κ1) is 64.2. The Kier molecular flexibility index (Phi) is 36.9. The lowest BCUT2D eigenvalue weighted by atomic mass is 10.0. The molecule has 416 valence electrons. The van der Waals surface area contributed by atoms with Crippen molar-refractivity contribution < 1.29 is 66.7 Å². The Morgan fingerprint density at radius 3 is 0.958 bits per heavy atom. The summed E-state index contributed by atoms with van der Waals surface area (Å²) in [6.07, 6.45) is 22.2. The fraction of sp³-hybridized carbons (Fsp3) is 0.875. The molecule has 0 aromatic rings. The van der Waals surface area contributed by atoms with Crippen molar-refractivity contribution in [1.29, 1.82) is 0 Å². The fourth-order valence-electron chi connectivity index (χ4n) is 8.86. The predicted octanol–water partition coefficient (Wildman–Crippen LogP) is 11.2. The molecule has 2 rings (SSSR count). The first-order valence-electron chi connectivity index (χ1n) is 28.5. The topological polar surface area (TPSA) is 191 Å². The van der Waals surface area contributed by atoms with Crippen LogP contribution in [-0.2, 0) is 61.9 Å². The number of carbonyl (C=O) groups excluding carboxylic acids is 7. The normalized spacial score (nSPS) is 16.0. The van der Waals surface area contributed by atoms with E-state index < -0.39 is 42.1 Å². The van der Waals surface area contributed by atoms with Gasteiger partial charge in [0.1, 0.15) is 18.3 Å². The number of rotatable bonds is 43. The summed E-state index contributed by atoms with van der Waals surface area (Å²) >= 11 is 0. The molecule has 0 bridgehead atoms. The Morgan fingerprint density at radius 1 is 0.375 bits per heavy atom. The van der Waals surface area contributed by atoms with Crippen LogP contribution < -0.4 is 0 Å². The van der Waals surface area contributed by atoms with Gasteiger partial charge in [-0.2, -0.15) is 0 Å². The van der Waals surface area contributed by atoms with Crippen molar-refractivity contribution in [3.05, 3.63) is 0 Å². The SMILES string of the molecule is CCCCCCCCC(=O)OCC(COC(=O)CCCCCCCC)CC(=O)O[C@@H]1C[C@H](OC(=O)CC(COC(=O)CCCCCCCC)COC(=O)CCCCCCCC)CN(C(=O)OC2CN(C)C2)C1. The summed E-state index contributed by atoms with van der Waals surface area (Å²) in [6, 6.07) is 0. The highest BCUT2D eigenvalue weighted by Gasteiger charge is 2.38. The highest BCUT2D eigenvalue weighted by atomic mass is 16.6. The number of piperidine rings is 1. The molecule has 0 spiro atoms. The van der Waals surface area contributed by atoms with Crippen LogP contribution in [0, 0.1) is 11.8 Å². The second kappa shape index (κ2) is 41.4. The molecule has 1 amide bonds. The Bertz CT molecular complexity index is 1350. The minimum atomic E-state index is -0.895. The van der Waals surface area contributed by atoms with E-state index in [0.29, 0.717) is 38.8 Å². The molecule has 2 aliphatic rings. The van der Waals surface area contributed by atoms with Crippen molar-refractivity contribution in [2.45, 2.75) is 245 Å². The summed E-state index contributed by atoms with van der Waals surface area (Å²) in [5.74, 6) is -4.20. The lowest BCUT2D eigenvalue weighted by Gasteiger charge is -2.40. The standard InChI is InChI=1S/C56H98N2O14/c1-6-10-14-18-22-26-30-50(59)66-41-45(42-67-51(60)31-27-23-19-15-11-7-2)34-54(63)70-47-36-48(40-58(39-47)56(65)72-49-37-57(5)38-49)71-55(64)35-46(43-68-52(61)32-28-24-20-16-12-8-3)44-69-53(62)33-29-25-21-17-13-9-4/h45-49H,6-44H2,1-5H3/t47-,48+. The maximum absolute atomic E-state index is 13.7. The van der Waals surface area contributed by atoms with Crippen molar-refractivity contribution in [3.8, 4) is 0 Å². The third-order valence-corrected chi connectivity index (χ3v) is 13.3. The number of ether oxygens (including phenoxy) is 7. The summed E-state index contributed by atoms with van der Waals surface area (Å²) in [5, 5.41) is 0. The van der Waals surface area contributed by atoms with Crippen LogP contribution in [0.5, 0.6) is 0 Å². The van der Waals surface area contributed by atoms with Gasteiger partial charge in [-0.1, -0.05) is 156 Å². The number of hydrogen-bond donors (Lipinski definition) is 0. The molecule has 2 fully saturated rings. The van der Waals surface area contributed by atoms with Crippen LogP contribution in [0.15, 0.2) is 0 Å². The third-order valence-electron chi connectivity index (χ3n) is 13.3. The van der Waals surface area contributed by atoms with Gasteiger partial charge in [0.15, 0.2) is 0 Å². The summed E-state index contributed by atoms with van der Waals surface area (Å²) < 4.78 is 40.0. The number of unbranched alkanes of at least 4 members (excludes halogenated alkanes) is 20. The zero-order valence-corrected chi connectivity index (χ0v) is 45.6. The third kappa shape index (κ3) is 33.0. The van der Waals surface area contributed by atoms with Gasteiger partial charge in [0.05, 0.1) is 52.4 Å². The van der Waals surface area contributed by atoms with Gasteiger partial charge < -0.3 is 38.1 Å². The first-order valence-corrected chi connectivity index (χ1v) is 28.5. The van der Waals surface area contributed by atoms with Gasteiger partial charge in [0, 0.05) is 57.0 Å². The summed E-state index contributed by atoms with van der Waals surface area (Å²) in [6.45, 7) is 9.15. The molecule has 16 heteroatoms. The van der Waals surface area contributed by atoms with E-state index in [4.69, 9.17) is 33.2 Å². The molecular weight excluding hydrogens is 925 g/mol. The van der Waals surface area contributed by atoms with E-state index in [1.165, 1.54) is 4.90 Å². The van der Waals surface area contributed by atoms with Crippen LogP contribution in [-0.4, -0.2) is 130 Å². The van der Waals surface area contributed by atoms with E-state index in [9.17, 15) is 33.6 Å². The van der Waals surface area contributed by atoms with E-state index in [-0.39, 0.29) is 114 Å². The van der Waals surface area contributed by atoms with Crippen LogP contribution in [0.4, 0.5) is 4.79 Å². The molecule has 2 saturated heterocycles. The number of esters is 6. The maximum atomic E-state index is 13.7. The molecule has 0 aliphatic carbocycles. The molecule has 0 unspecified atom stereocenters. The highest BCUT2D eigenvalue weighted by molar-refractivity contribution is 5.73. The quantitative estimate of drug-likeness (QED) is 0.0318.